The van der Waals surface area contributed by atoms with Crippen molar-refractivity contribution in [1.82, 2.24) is 5.32 Å². The monoisotopic (exact) mass is 392 g/mol. The molecule has 0 saturated heterocycles. The molecule has 0 bridgehead atoms. The highest BCUT2D eigenvalue weighted by atomic mass is 32.2. The zero-order valence-corrected chi connectivity index (χ0v) is 15.3. The minimum Gasteiger partial charge on any atom is -0.465 e. The fourth-order valence-electron chi connectivity index (χ4n) is 2.22. The minimum atomic E-state index is -0.770. The van der Waals surface area contributed by atoms with Gasteiger partial charge in [-0.25, -0.2) is 9.18 Å². The quantitative estimate of drug-likeness (QED) is 0.321. The van der Waals surface area contributed by atoms with E-state index in [0.29, 0.717) is 17.1 Å². The van der Waals surface area contributed by atoms with Crippen molar-refractivity contribution in [3.63, 3.8) is 0 Å². The molecule has 2 aromatic carbocycles. The lowest BCUT2D eigenvalue weighted by molar-refractivity contribution is -0.384. The number of nitrogens with zero attached hydrogens (tertiary/aromatic N) is 1. The van der Waals surface area contributed by atoms with Crippen molar-refractivity contribution in [3.05, 3.63) is 75.1 Å². The third kappa shape index (κ3) is 5.78. The molecule has 1 amide bonds. The summed E-state index contributed by atoms with van der Waals surface area (Å²) in [4.78, 5) is 34.1. The normalized spacial score (nSPS) is 10.3. The van der Waals surface area contributed by atoms with Gasteiger partial charge in [0.1, 0.15) is 5.82 Å². The van der Waals surface area contributed by atoms with Crippen molar-refractivity contribution in [2.45, 2.75) is 5.75 Å². The van der Waals surface area contributed by atoms with E-state index in [1.807, 2.05) is 0 Å². The molecule has 0 heterocycles. The summed E-state index contributed by atoms with van der Waals surface area (Å²) in [6, 6.07) is 9.83. The van der Waals surface area contributed by atoms with E-state index in [-0.39, 0.29) is 29.2 Å². The summed E-state index contributed by atoms with van der Waals surface area (Å²) in [6.45, 7) is 0.286. The predicted octanol–water partition coefficient (Wildman–Crippen LogP) is 3.18. The van der Waals surface area contributed by atoms with Gasteiger partial charge in [0.15, 0.2) is 0 Å². The largest absolute Gasteiger partial charge is 0.465 e. The number of benzene rings is 2. The highest BCUT2D eigenvalue weighted by Gasteiger charge is 2.18. The third-order valence-corrected chi connectivity index (χ3v) is 4.57. The molecule has 7 nitrogen and oxygen atoms in total. The maximum absolute atomic E-state index is 13.5. The number of ether oxygens (including phenoxy) is 1. The number of nitro benzene ring substituents is 1. The topological polar surface area (TPSA) is 98.5 Å². The lowest BCUT2D eigenvalue weighted by Gasteiger charge is -2.07. The van der Waals surface area contributed by atoms with Crippen molar-refractivity contribution < 1.29 is 23.6 Å². The van der Waals surface area contributed by atoms with Gasteiger partial charge in [0.05, 0.1) is 17.6 Å². The number of non-ortho nitro benzene ring substituents is 1. The van der Waals surface area contributed by atoms with E-state index in [9.17, 15) is 24.1 Å². The van der Waals surface area contributed by atoms with Crippen LogP contribution in [0.3, 0.4) is 0 Å². The average Bonchev–Trinajstić information content (AvgIpc) is 2.67. The Morgan fingerprint density at radius 2 is 1.93 bits per heavy atom. The second-order valence-corrected chi connectivity index (χ2v) is 6.52. The fraction of sp³-hybridized carbons (Fsp3) is 0.222. The number of halogens is 1. The van der Waals surface area contributed by atoms with Gasteiger partial charge in [-0.05, 0) is 17.7 Å². The van der Waals surface area contributed by atoms with Crippen LogP contribution in [0.4, 0.5) is 10.1 Å². The second kappa shape index (κ2) is 9.67. The molecule has 0 saturated carbocycles. The summed E-state index contributed by atoms with van der Waals surface area (Å²) in [5, 5.41) is 13.6. The van der Waals surface area contributed by atoms with Crippen LogP contribution in [-0.2, 0) is 10.5 Å². The summed E-state index contributed by atoms with van der Waals surface area (Å²) in [7, 11) is 1.15. The van der Waals surface area contributed by atoms with E-state index in [4.69, 9.17) is 0 Å². The Kier molecular flexibility index (Phi) is 7.30. The molecule has 2 aromatic rings. The van der Waals surface area contributed by atoms with Gasteiger partial charge in [-0.1, -0.05) is 18.2 Å². The zero-order valence-electron chi connectivity index (χ0n) is 14.4. The summed E-state index contributed by atoms with van der Waals surface area (Å²) < 4.78 is 18.1. The summed E-state index contributed by atoms with van der Waals surface area (Å²) >= 11 is 1.44. The van der Waals surface area contributed by atoms with Gasteiger partial charge in [0.2, 0.25) is 0 Å². The number of methoxy groups -OCH3 is 1. The van der Waals surface area contributed by atoms with Crippen molar-refractivity contribution in [1.29, 1.82) is 0 Å². The number of hydrogen-bond acceptors (Lipinski definition) is 6. The first-order chi connectivity index (χ1) is 12.9. The van der Waals surface area contributed by atoms with Crippen LogP contribution in [0.25, 0.3) is 0 Å². The molecule has 0 fully saturated rings. The van der Waals surface area contributed by atoms with Crippen LogP contribution in [0.5, 0.6) is 0 Å². The van der Waals surface area contributed by atoms with E-state index in [2.05, 4.69) is 10.1 Å². The highest BCUT2D eigenvalue weighted by molar-refractivity contribution is 7.98. The van der Waals surface area contributed by atoms with Crippen LogP contribution in [0.2, 0.25) is 0 Å². The molecule has 0 radical (unpaired) electrons. The SMILES string of the molecule is COC(=O)c1cc(C(=O)NCCSCc2ccccc2F)cc([N+](=O)[O-])c1. The highest BCUT2D eigenvalue weighted by Crippen LogP contribution is 2.18. The van der Waals surface area contributed by atoms with Crippen molar-refractivity contribution in [2.75, 3.05) is 19.4 Å². The van der Waals surface area contributed by atoms with Gasteiger partial charge >= 0.3 is 5.97 Å². The van der Waals surface area contributed by atoms with Gasteiger partial charge in [-0.15, -0.1) is 0 Å². The minimum absolute atomic E-state index is 0.0105. The third-order valence-electron chi connectivity index (χ3n) is 3.56. The van der Waals surface area contributed by atoms with Gasteiger partial charge in [-0.2, -0.15) is 11.8 Å². The Bertz CT molecular complexity index is 859. The number of hydrogen-bond donors (Lipinski definition) is 1. The Hall–Kier alpha value is -2.94. The molecule has 0 aliphatic heterocycles. The van der Waals surface area contributed by atoms with Crippen LogP contribution in [0, 0.1) is 15.9 Å². The first kappa shape index (κ1) is 20.4. The molecule has 0 spiro atoms. The molecule has 0 aliphatic rings. The molecular weight excluding hydrogens is 375 g/mol. The molecule has 0 atom stereocenters. The van der Waals surface area contributed by atoms with E-state index >= 15 is 0 Å². The maximum atomic E-state index is 13.5. The predicted molar refractivity (Wildman–Crippen MR) is 99.3 cm³/mol. The van der Waals surface area contributed by atoms with E-state index in [1.165, 1.54) is 23.9 Å². The number of nitro groups is 1. The number of amides is 1. The number of nitrogens with one attached hydrogen (secondary N) is 1. The molecule has 0 aromatic heterocycles. The van der Waals surface area contributed by atoms with Crippen LogP contribution in [-0.4, -0.2) is 36.2 Å². The van der Waals surface area contributed by atoms with Gasteiger partial charge in [0, 0.05) is 35.7 Å². The molecule has 0 unspecified atom stereocenters. The molecule has 9 heteroatoms. The van der Waals surface area contributed by atoms with Crippen LogP contribution < -0.4 is 5.32 Å². The Labute approximate surface area is 159 Å². The fourth-order valence-corrected chi connectivity index (χ4v) is 3.06. The Morgan fingerprint density at radius 1 is 1.22 bits per heavy atom. The van der Waals surface area contributed by atoms with Crippen molar-refractivity contribution in [3.8, 4) is 0 Å². The molecular formula is C18H17FN2O5S. The van der Waals surface area contributed by atoms with Crippen LogP contribution >= 0.6 is 11.8 Å². The maximum Gasteiger partial charge on any atom is 0.338 e. The number of carbonyl (C=O) groups excluding carboxylic acids is 2. The number of thioether (sulfide) groups is 1. The Balaban J connectivity index is 1.93. The molecule has 0 aliphatic carbocycles. The van der Waals surface area contributed by atoms with Crippen molar-refractivity contribution >= 4 is 29.3 Å². The second-order valence-electron chi connectivity index (χ2n) is 5.42. The first-order valence-electron chi connectivity index (χ1n) is 7.89. The van der Waals surface area contributed by atoms with Gasteiger partial charge < -0.3 is 10.1 Å². The van der Waals surface area contributed by atoms with Gasteiger partial charge in [-0.3, -0.25) is 14.9 Å². The van der Waals surface area contributed by atoms with E-state index in [0.717, 1.165) is 19.2 Å². The first-order valence-corrected chi connectivity index (χ1v) is 9.05. The average molecular weight is 392 g/mol. The van der Waals surface area contributed by atoms with E-state index in [1.54, 1.807) is 18.2 Å². The molecule has 142 valence electrons. The number of carbonyl (C=O) groups is 2. The lowest BCUT2D eigenvalue weighted by Crippen LogP contribution is -2.26. The Morgan fingerprint density at radius 3 is 2.59 bits per heavy atom. The summed E-state index contributed by atoms with van der Waals surface area (Å²) in [5.41, 5.74) is 0.113. The molecule has 1 N–H and O–H groups in total. The standard InChI is InChI=1S/C18H17FN2O5S/c1-26-18(23)14-8-13(9-15(10-14)21(24)25)17(22)20-6-7-27-11-12-4-2-3-5-16(12)19/h2-5,8-10H,6-7,11H2,1H3,(H,20,22). The smallest absolute Gasteiger partial charge is 0.338 e. The van der Waals surface area contributed by atoms with Crippen molar-refractivity contribution in [2.24, 2.45) is 0 Å². The van der Waals surface area contributed by atoms with Gasteiger partial charge in [0.25, 0.3) is 11.6 Å². The zero-order chi connectivity index (χ0) is 19.8. The van der Waals surface area contributed by atoms with Crippen LogP contribution in [0.15, 0.2) is 42.5 Å². The summed E-state index contributed by atoms with van der Waals surface area (Å²) in [5.74, 6) is -0.602. The lowest BCUT2D eigenvalue weighted by atomic mass is 10.1. The van der Waals surface area contributed by atoms with E-state index < -0.39 is 16.8 Å². The number of esters is 1. The molecule has 27 heavy (non-hydrogen) atoms. The number of rotatable bonds is 8. The van der Waals surface area contributed by atoms with Crippen LogP contribution in [0.1, 0.15) is 26.3 Å². The molecule has 2 rings (SSSR count). The summed E-state index contributed by atoms with van der Waals surface area (Å²) in [6.07, 6.45) is 0.